The maximum Gasteiger partial charge on any atom is 0.256 e. The molecule has 184 valence electrons. The van der Waals surface area contributed by atoms with Gasteiger partial charge in [-0.1, -0.05) is 66.7 Å². The Bertz CT molecular complexity index is 1430. The molecule has 0 bridgehead atoms. The Hall–Kier alpha value is -4.22. The molecule has 2 heterocycles. The fraction of sp³-hybridized carbons (Fsp3) is 0.188. The molecule has 5 nitrogen and oxygen atoms in total. The van der Waals surface area contributed by atoms with Gasteiger partial charge in [-0.15, -0.1) is 0 Å². The third-order valence-corrected chi connectivity index (χ3v) is 7.47. The Morgan fingerprint density at radius 2 is 1.54 bits per heavy atom. The maximum atomic E-state index is 13.7. The van der Waals surface area contributed by atoms with Crippen LogP contribution in [0.4, 0.5) is 11.4 Å². The van der Waals surface area contributed by atoms with Crippen LogP contribution < -0.4 is 10.6 Å². The zero-order valence-electron chi connectivity index (χ0n) is 20.6. The molecule has 2 aliphatic rings. The van der Waals surface area contributed by atoms with E-state index in [4.69, 9.17) is 0 Å². The van der Waals surface area contributed by atoms with Crippen molar-refractivity contribution in [3.05, 3.63) is 120 Å². The first-order valence-electron chi connectivity index (χ1n) is 12.9. The molecule has 0 spiro atoms. The predicted octanol–water partition coefficient (Wildman–Crippen LogP) is 6.25. The summed E-state index contributed by atoms with van der Waals surface area (Å²) in [6.45, 7) is 1.88. The minimum Gasteiger partial charge on any atom is -0.373 e. The molecule has 6 rings (SSSR count). The summed E-state index contributed by atoms with van der Waals surface area (Å²) in [7, 11) is 0. The summed E-state index contributed by atoms with van der Waals surface area (Å²) in [4.78, 5) is 29.3. The summed E-state index contributed by atoms with van der Waals surface area (Å²) in [5.41, 5.74) is 6.06. The first-order chi connectivity index (χ1) is 18.2. The SMILES string of the molecule is O=C(Nc1ccc(C(=O)C2Nc3ccccc3CN3CCC[C@@H]23)cc1)c1ccccc1-c1ccccc1. The second kappa shape index (κ2) is 10.0. The van der Waals surface area contributed by atoms with E-state index in [2.05, 4.69) is 33.7 Å². The largest absolute Gasteiger partial charge is 0.373 e. The highest BCUT2D eigenvalue weighted by atomic mass is 16.1. The van der Waals surface area contributed by atoms with Crippen LogP contribution in [0.2, 0.25) is 0 Å². The Morgan fingerprint density at radius 3 is 2.38 bits per heavy atom. The molecule has 0 saturated carbocycles. The molecule has 2 aliphatic heterocycles. The van der Waals surface area contributed by atoms with Gasteiger partial charge in [-0.25, -0.2) is 0 Å². The van der Waals surface area contributed by atoms with Crippen molar-refractivity contribution in [2.24, 2.45) is 0 Å². The van der Waals surface area contributed by atoms with Crippen molar-refractivity contribution in [2.45, 2.75) is 31.5 Å². The Balaban J connectivity index is 1.21. The van der Waals surface area contributed by atoms with Gasteiger partial charge in [0.2, 0.25) is 0 Å². The average molecular weight is 488 g/mol. The van der Waals surface area contributed by atoms with E-state index in [1.807, 2.05) is 84.9 Å². The molecule has 1 fully saturated rings. The summed E-state index contributed by atoms with van der Waals surface area (Å²) in [5, 5.41) is 6.56. The van der Waals surface area contributed by atoms with Crippen LogP contribution in [-0.4, -0.2) is 35.2 Å². The van der Waals surface area contributed by atoms with Crippen molar-refractivity contribution < 1.29 is 9.59 Å². The average Bonchev–Trinajstić information content (AvgIpc) is 3.34. The molecule has 1 unspecified atom stereocenters. The lowest BCUT2D eigenvalue weighted by atomic mass is 9.96. The van der Waals surface area contributed by atoms with E-state index < -0.39 is 0 Å². The molecule has 0 radical (unpaired) electrons. The molecule has 0 aliphatic carbocycles. The van der Waals surface area contributed by atoms with Crippen LogP contribution in [0.5, 0.6) is 0 Å². The van der Waals surface area contributed by atoms with Gasteiger partial charge in [0.15, 0.2) is 5.78 Å². The smallest absolute Gasteiger partial charge is 0.256 e. The van der Waals surface area contributed by atoms with Gasteiger partial charge in [0, 0.05) is 35.1 Å². The van der Waals surface area contributed by atoms with Crippen LogP contribution in [0, 0.1) is 0 Å². The molecular weight excluding hydrogens is 458 g/mol. The van der Waals surface area contributed by atoms with Crippen molar-refractivity contribution in [3.8, 4) is 11.1 Å². The van der Waals surface area contributed by atoms with Gasteiger partial charge in [0.25, 0.3) is 5.91 Å². The van der Waals surface area contributed by atoms with E-state index in [1.165, 1.54) is 5.56 Å². The standard InChI is InChI=1S/C32H29N3O2/c36-31(30-29-15-8-20-35(29)21-24-11-4-7-14-28(24)34-30)23-16-18-25(19-17-23)33-32(37)27-13-6-5-12-26(27)22-9-2-1-3-10-22/h1-7,9-14,16-19,29-30,34H,8,15,20-21H2,(H,33,37)/t29-,30?/m0/s1. The number of para-hydroxylation sites is 1. The molecule has 4 aromatic rings. The van der Waals surface area contributed by atoms with E-state index in [1.54, 1.807) is 0 Å². The van der Waals surface area contributed by atoms with Gasteiger partial charge in [-0.2, -0.15) is 0 Å². The number of hydrogen-bond acceptors (Lipinski definition) is 4. The second-order valence-electron chi connectivity index (χ2n) is 9.77. The van der Waals surface area contributed by atoms with Crippen LogP contribution in [0.25, 0.3) is 11.1 Å². The first-order valence-corrected chi connectivity index (χ1v) is 12.9. The summed E-state index contributed by atoms with van der Waals surface area (Å²) in [6, 6.07) is 32.9. The number of rotatable bonds is 5. The van der Waals surface area contributed by atoms with Crippen molar-refractivity contribution >= 4 is 23.1 Å². The molecule has 1 amide bonds. The van der Waals surface area contributed by atoms with Crippen LogP contribution in [0.3, 0.4) is 0 Å². The van der Waals surface area contributed by atoms with Crippen molar-refractivity contribution in [1.29, 1.82) is 0 Å². The second-order valence-corrected chi connectivity index (χ2v) is 9.77. The summed E-state index contributed by atoms with van der Waals surface area (Å²) in [5.74, 6) is -0.0944. The van der Waals surface area contributed by atoms with Crippen molar-refractivity contribution in [1.82, 2.24) is 4.90 Å². The number of benzene rings is 4. The van der Waals surface area contributed by atoms with Crippen LogP contribution >= 0.6 is 0 Å². The Kier molecular flexibility index (Phi) is 6.29. The van der Waals surface area contributed by atoms with Gasteiger partial charge < -0.3 is 10.6 Å². The lowest BCUT2D eigenvalue weighted by molar-refractivity contribution is 0.0919. The number of carbonyl (C=O) groups excluding carboxylic acids is 2. The van der Waals surface area contributed by atoms with Crippen LogP contribution in [0.15, 0.2) is 103 Å². The van der Waals surface area contributed by atoms with Gasteiger partial charge in [-0.05, 0) is 72.5 Å². The molecular formula is C32H29N3O2. The minimum atomic E-state index is -0.302. The van der Waals surface area contributed by atoms with Gasteiger partial charge in [0.1, 0.15) is 6.04 Å². The topological polar surface area (TPSA) is 61.4 Å². The van der Waals surface area contributed by atoms with E-state index >= 15 is 0 Å². The number of ketones is 1. The Labute approximate surface area is 217 Å². The summed E-state index contributed by atoms with van der Waals surface area (Å²) >= 11 is 0. The third-order valence-electron chi connectivity index (χ3n) is 7.47. The van der Waals surface area contributed by atoms with E-state index in [9.17, 15) is 9.59 Å². The van der Waals surface area contributed by atoms with Gasteiger partial charge in [0.05, 0.1) is 0 Å². The normalized spacial score (nSPS) is 18.7. The molecule has 2 N–H and O–H groups in total. The van der Waals surface area contributed by atoms with Crippen LogP contribution in [0.1, 0.15) is 39.1 Å². The highest BCUT2D eigenvalue weighted by Gasteiger charge is 2.38. The molecule has 4 aromatic carbocycles. The predicted molar refractivity (Wildman–Crippen MR) is 148 cm³/mol. The van der Waals surface area contributed by atoms with E-state index in [-0.39, 0.29) is 23.8 Å². The number of hydrogen-bond donors (Lipinski definition) is 2. The van der Waals surface area contributed by atoms with Crippen molar-refractivity contribution in [3.63, 3.8) is 0 Å². The van der Waals surface area contributed by atoms with Crippen LogP contribution in [-0.2, 0) is 6.54 Å². The molecule has 37 heavy (non-hydrogen) atoms. The molecule has 5 heteroatoms. The lowest BCUT2D eigenvalue weighted by Crippen LogP contribution is -2.45. The maximum absolute atomic E-state index is 13.7. The Morgan fingerprint density at radius 1 is 0.811 bits per heavy atom. The number of Topliss-reactive ketones (excluding diaryl/α,β-unsaturated/α-hetero) is 1. The third kappa shape index (κ3) is 4.66. The molecule has 0 aromatic heterocycles. The fourth-order valence-corrected chi connectivity index (χ4v) is 5.59. The highest BCUT2D eigenvalue weighted by Crippen LogP contribution is 2.32. The number of amides is 1. The number of nitrogens with one attached hydrogen (secondary N) is 2. The minimum absolute atomic E-state index is 0.0842. The van der Waals surface area contributed by atoms with Crippen molar-refractivity contribution in [2.75, 3.05) is 17.2 Å². The highest BCUT2D eigenvalue weighted by molar-refractivity contribution is 6.09. The number of nitrogens with zero attached hydrogens (tertiary/aromatic N) is 1. The quantitative estimate of drug-likeness (QED) is 0.327. The molecule has 2 atom stereocenters. The fourth-order valence-electron chi connectivity index (χ4n) is 5.59. The number of fused-ring (bicyclic) bond motifs is 2. The van der Waals surface area contributed by atoms with Gasteiger partial charge >= 0.3 is 0 Å². The zero-order valence-corrected chi connectivity index (χ0v) is 20.6. The number of anilines is 2. The zero-order chi connectivity index (χ0) is 25.2. The number of carbonyl (C=O) groups is 2. The van der Waals surface area contributed by atoms with Gasteiger partial charge in [-0.3, -0.25) is 14.5 Å². The lowest BCUT2D eigenvalue weighted by Gasteiger charge is -2.28. The first kappa shape index (κ1) is 23.2. The summed E-state index contributed by atoms with van der Waals surface area (Å²) in [6.07, 6.45) is 2.11. The monoisotopic (exact) mass is 487 g/mol. The summed E-state index contributed by atoms with van der Waals surface area (Å²) < 4.78 is 0. The van der Waals surface area contributed by atoms with E-state index in [0.29, 0.717) is 16.8 Å². The van der Waals surface area contributed by atoms with E-state index in [0.717, 1.165) is 42.7 Å². The molecule has 1 saturated heterocycles.